The third-order valence-electron chi connectivity index (χ3n) is 1.51. The van der Waals surface area contributed by atoms with Crippen LogP contribution in [0.2, 0.25) is 5.02 Å². The minimum absolute atomic E-state index is 0.328. The van der Waals surface area contributed by atoms with Gasteiger partial charge in [-0.05, 0) is 31.5 Å². The zero-order chi connectivity index (χ0) is 8.48. The summed E-state index contributed by atoms with van der Waals surface area (Å²) in [5.74, 6) is 0. The van der Waals surface area contributed by atoms with Crippen LogP contribution in [0.15, 0.2) is 24.3 Å². The lowest BCUT2D eigenvalue weighted by molar-refractivity contribution is 0.766. The quantitative estimate of drug-likeness (QED) is 0.589. The standard InChI is InChI=1S/C9H10Cl2/c1-9(2,11)7-4-3-5-8(10)6-7/h3-6H,1-2H3. The number of alkyl halides is 1. The largest absolute Gasteiger partial charge is 0.115 e. The molecule has 0 spiro atoms. The number of hydrogen-bond acceptors (Lipinski definition) is 0. The van der Waals surface area contributed by atoms with Gasteiger partial charge in [0.2, 0.25) is 0 Å². The third kappa shape index (κ3) is 2.39. The fourth-order valence-electron chi connectivity index (χ4n) is 0.858. The lowest BCUT2D eigenvalue weighted by Gasteiger charge is -2.15. The van der Waals surface area contributed by atoms with Gasteiger partial charge in [-0.2, -0.15) is 0 Å². The molecule has 0 aromatic heterocycles. The van der Waals surface area contributed by atoms with Crippen LogP contribution in [0.4, 0.5) is 0 Å². The molecule has 60 valence electrons. The molecule has 0 fully saturated rings. The first kappa shape index (κ1) is 8.89. The van der Waals surface area contributed by atoms with E-state index in [0.29, 0.717) is 0 Å². The summed E-state index contributed by atoms with van der Waals surface area (Å²) in [6.07, 6.45) is 0. The van der Waals surface area contributed by atoms with E-state index in [1.165, 1.54) is 0 Å². The molecular formula is C9H10Cl2. The topological polar surface area (TPSA) is 0 Å². The Balaban J connectivity index is 3.06. The lowest BCUT2D eigenvalue weighted by atomic mass is 10.0. The smallest absolute Gasteiger partial charge is 0.0639 e. The van der Waals surface area contributed by atoms with Crippen molar-refractivity contribution in [3.8, 4) is 0 Å². The van der Waals surface area contributed by atoms with Crippen LogP contribution in [0.1, 0.15) is 19.4 Å². The van der Waals surface area contributed by atoms with E-state index in [2.05, 4.69) is 0 Å². The van der Waals surface area contributed by atoms with Crippen molar-refractivity contribution in [3.05, 3.63) is 34.9 Å². The molecule has 0 radical (unpaired) electrons. The average molecular weight is 189 g/mol. The molecule has 0 atom stereocenters. The van der Waals surface area contributed by atoms with Gasteiger partial charge in [-0.1, -0.05) is 23.7 Å². The molecule has 0 nitrogen and oxygen atoms in total. The van der Waals surface area contributed by atoms with Crippen molar-refractivity contribution in [2.75, 3.05) is 0 Å². The number of benzene rings is 1. The highest BCUT2D eigenvalue weighted by Gasteiger charge is 2.15. The Bertz CT molecular complexity index is 248. The molecule has 1 rings (SSSR count). The lowest BCUT2D eigenvalue weighted by Crippen LogP contribution is -2.06. The van der Waals surface area contributed by atoms with Crippen LogP contribution in [-0.4, -0.2) is 0 Å². The molecule has 0 bridgehead atoms. The van der Waals surface area contributed by atoms with Crippen molar-refractivity contribution in [1.29, 1.82) is 0 Å². The average Bonchev–Trinajstić information content (AvgIpc) is 1.86. The Labute approximate surface area is 77.1 Å². The second kappa shape index (κ2) is 3.04. The summed E-state index contributed by atoms with van der Waals surface area (Å²) in [4.78, 5) is -0.328. The number of halogens is 2. The van der Waals surface area contributed by atoms with Crippen molar-refractivity contribution in [2.24, 2.45) is 0 Å². The molecule has 0 N–H and O–H groups in total. The fourth-order valence-corrected chi connectivity index (χ4v) is 1.17. The third-order valence-corrected chi connectivity index (χ3v) is 1.96. The summed E-state index contributed by atoms with van der Waals surface area (Å²) in [6, 6.07) is 7.60. The maximum atomic E-state index is 6.07. The van der Waals surface area contributed by atoms with Gasteiger partial charge in [0.1, 0.15) is 0 Å². The van der Waals surface area contributed by atoms with Crippen LogP contribution in [0.5, 0.6) is 0 Å². The first-order valence-electron chi connectivity index (χ1n) is 3.45. The predicted octanol–water partition coefficient (Wildman–Crippen LogP) is 3.81. The molecule has 0 amide bonds. The van der Waals surface area contributed by atoms with Gasteiger partial charge in [0.05, 0.1) is 4.87 Å². The van der Waals surface area contributed by atoms with Crippen LogP contribution < -0.4 is 0 Å². The van der Waals surface area contributed by atoms with E-state index in [1.54, 1.807) is 0 Å². The van der Waals surface area contributed by atoms with Gasteiger partial charge in [-0.15, -0.1) is 11.6 Å². The zero-order valence-electron chi connectivity index (χ0n) is 6.57. The summed E-state index contributed by atoms with van der Waals surface area (Å²) >= 11 is 11.9. The normalized spacial score (nSPS) is 11.6. The maximum Gasteiger partial charge on any atom is 0.0639 e. The number of rotatable bonds is 1. The van der Waals surface area contributed by atoms with Crippen LogP contribution in [0.25, 0.3) is 0 Å². The van der Waals surface area contributed by atoms with E-state index in [1.807, 2.05) is 38.1 Å². The summed E-state index contributed by atoms with van der Waals surface area (Å²) in [6.45, 7) is 3.89. The summed E-state index contributed by atoms with van der Waals surface area (Å²) in [7, 11) is 0. The summed E-state index contributed by atoms with van der Waals surface area (Å²) in [5.41, 5.74) is 1.05. The summed E-state index contributed by atoms with van der Waals surface area (Å²) in [5, 5.41) is 0.733. The second-order valence-electron chi connectivity index (χ2n) is 2.98. The minimum Gasteiger partial charge on any atom is -0.115 e. The van der Waals surface area contributed by atoms with Crippen molar-refractivity contribution < 1.29 is 0 Å². The Morgan fingerprint density at radius 1 is 1.27 bits per heavy atom. The van der Waals surface area contributed by atoms with Crippen molar-refractivity contribution in [1.82, 2.24) is 0 Å². The Morgan fingerprint density at radius 3 is 2.27 bits per heavy atom. The fraction of sp³-hybridized carbons (Fsp3) is 0.333. The van der Waals surface area contributed by atoms with Gasteiger partial charge < -0.3 is 0 Å². The van der Waals surface area contributed by atoms with Crippen molar-refractivity contribution in [2.45, 2.75) is 18.7 Å². The van der Waals surface area contributed by atoms with E-state index in [4.69, 9.17) is 23.2 Å². The molecular weight excluding hydrogens is 179 g/mol. The van der Waals surface area contributed by atoms with Crippen LogP contribution in [0.3, 0.4) is 0 Å². The van der Waals surface area contributed by atoms with E-state index in [-0.39, 0.29) is 4.87 Å². The summed E-state index contributed by atoms with van der Waals surface area (Å²) < 4.78 is 0. The van der Waals surface area contributed by atoms with E-state index < -0.39 is 0 Å². The van der Waals surface area contributed by atoms with Crippen LogP contribution in [0, 0.1) is 0 Å². The first-order chi connectivity index (χ1) is 5.00. The Morgan fingerprint density at radius 2 is 1.91 bits per heavy atom. The molecule has 0 aliphatic rings. The van der Waals surface area contributed by atoms with Crippen molar-refractivity contribution >= 4 is 23.2 Å². The van der Waals surface area contributed by atoms with E-state index >= 15 is 0 Å². The first-order valence-corrected chi connectivity index (χ1v) is 4.21. The van der Waals surface area contributed by atoms with Gasteiger partial charge in [0.15, 0.2) is 0 Å². The van der Waals surface area contributed by atoms with Gasteiger partial charge in [0.25, 0.3) is 0 Å². The van der Waals surface area contributed by atoms with E-state index in [9.17, 15) is 0 Å². The van der Waals surface area contributed by atoms with Crippen LogP contribution in [-0.2, 0) is 4.87 Å². The van der Waals surface area contributed by atoms with Gasteiger partial charge in [-0.25, -0.2) is 0 Å². The van der Waals surface area contributed by atoms with Crippen LogP contribution >= 0.6 is 23.2 Å². The SMILES string of the molecule is CC(C)(Cl)c1cccc(Cl)c1. The monoisotopic (exact) mass is 188 g/mol. The van der Waals surface area contributed by atoms with Gasteiger partial charge in [-0.3, -0.25) is 0 Å². The molecule has 1 aromatic rings. The Hall–Kier alpha value is -0.200. The molecule has 0 heterocycles. The second-order valence-corrected chi connectivity index (χ2v) is 4.36. The molecule has 0 aliphatic carbocycles. The molecule has 11 heavy (non-hydrogen) atoms. The molecule has 0 aliphatic heterocycles. The molecule has 0 unspecified atom stereocenters. The highest BCUT2D eigenvalue weighted by atomic mass is 35.5. The van der Waals surface area contributed by atoms with Gasteiger partial charge in [0, 0.05) is 5.02 Å². The zero-order valence-corrected chi connectivity index (χ0v) is 8.08. The molecule has 0 saturated heterocycles. The molecule has 2 heteroatoms. The number of hydrogen-bond donors (Lipinski definition) is 0. The van der Waals surface area contributed by atoms with E-state index in [0.717, 1.165) is 10.6 Å². The predicted molar refractivity (Wildman–Crippen MR) is 50.3 cm³/mol. The maximum absolute atomic E-state index is 6.07. The van der Waals surface area contributed by atoms with Crippen molar-refractivity contribution in [3.63, 3.8) is 0 Å². The molecule has 1 aromatic carbocycles. The minimum atomic E-state index is -0.328. The highest BCUT2D eigenvalue weighted by Crippen LogP contribution is 2.28. The highest BCUT2D eigenvalue weighted by molar-refractivity contribution is 6.31. The molecule has 0 saturated carbocycles. The Kier molecular flexibility index (Phi) is 2.46. The van der Waals surface area contributed by atoms with Gasteiger partial charge >= 0.3 is 0 Å².